The quantitative estimate of drug-likeness (QED) is 0.784. The van der Waals surface area contributed by atoms with Crippen LogP contribution in [0.15, 0.2) is 36.4 Å². The molecule has 2 nitrogen and oxygen atoms in total. The van der Waals surface area contributed by atoms with Crippen molar-refractivity contribution in [1.29, 1.82) is 0 Å². The van der Waals surface area contributed by atoms with Crippen LogP contribution in [-0.4, -0.2) is 5.11 Å². The predicted molar refractivity (Wildman–Crippen MR) is 82.4 cm³/mol. The number of nitrogens with one attached hydrogen (secondary N) is 2. The minimum atomic E-state index is -0.580. The molecule has 0 bridgehead atoms. The standard InChI is InChI=1S/C14H11ClF2N2S/c1-8-6-9(15)2-5-12(8)18-14(20)19-13-7-10(16)3-4-11(13)17/h2-7H,1H3,(H2,18,19,20). The Morgan fingerprint density at radius 1 is 1.05 bits per heavy atom. The molecule has 2 aromatic rings. The number of aryl methyl sites for hydroxylation is 1. The van der Waals surface area contributed by atoms with E-state index < -0.39 is 11.6 Å². The van der Waals surface area contributed by atoms with Crippen molar-refractivity contribution in [1.82, 2.24) is 0 Å². The van der Waals surface area contributed by atoms with Crippen molar-refractivity contribution in [3.63, 3.8) is 0 Å². The lowest BCUT2D eigenvalue weighted by Gasteiger charge is -2.13. The van der Waals surface area contributed by atoms with E-state index in [-0.39, 0.29) is 10.8 Å². The molecule has 104 valence electrons. The molecule has 2 N–H and O–H groups in total. The molecule has 0 radical (unpaired) electrons. The van der Waals surface area contributed by atoms with Gasteiger partial charge >= 0.3 is 0 Å². The Labute approximate surface area is 125 Å². The van der Waals surface area contributed by atoms with Crippen LogP contribution in [0.25, 0.3) is 0 Å². The zero-order valence-electron chi connectivity index (χ0n) is 10.5. The highest BCUT2D eigenvalue weighted by molar-refractivity contribution is 7.80. The molecule has 2 rings (SSSR count). The van der Waals surface area contributed by atoms with E-state index in [2.05, 4.69) is 10.6 Å². The smallest absolute Gasteiger partial charge is 0.175 e. The normalized spacial score (nSPS) is 10.2. The Morgan fingerprint density at radius 2 is 1.75 bits per heavy atom. The number of benzene rings is 2. The van der Waals surface area contributed by atoms with Crippen molar-refractivity contribution >= 4 is 40.3 Å². The molecule has 0 aliphatic heterocycles. The van der Waals surface area contributed by atoms with Gasteiger partial charge in [0, 0.05) is 16.8 Å². The summed E-state index contributed by atoms with van der Waals surface area (Å²) < 4.78 is 26.5. The van der Waals surface area contributed by atoms with Gasteiger partial charge in [0.2, 0.25) is 0 Å². The van der Waals surface area contributed by atoms with E-state index in [9.17, 15) is 8.78 Å². The fourth-order valence-corrected chi connectivity index (χ4v) is 2.08. The maximum Gasteiger partial charge on any atom is 0.175 e. The lowest BCUT2D eigenvalue weighted by atomic mass is 10.2. The van der Waals surface area contributed by atoms with Crippen LogP contribution in [-0.2, 0) is 0 Å². The van der Waals surface area contributed by atoms with Crippen LogP contribution in [0.3, 0.4) is 0 Å². The molecule has 0 unspecified atom stereocenters. The first-order valence-corrected chi connectivity index (χ1v) is 6.53. The van der Waals surface area contributed by atoms with Crippen LogP contribution in [0, 0.1) is 18.6 Å². The first-order chi connectivity index (χ1) is 9.45. The highest BCUT2D eigenvalue weighted by atomic mass is 35.5. The highest BCUT2D eigenvalue weighted by Crippen LogP contribution is 2.20. The lowest BCUT2D eigenvalue weighted by molar-refractivity contribution is 0.604. The Kier molecular flexibility index (Phi) is 4.52. The van der Waals surface area contributed by atoms with Crippen LogP contribution >= 0.6 is 23.8 Å². The first-order valence-electron chi connectivity index (χ1n) is 5.75. The van der Waals surface area contributed by atoms with Gasteiger partial charge in [-0.2, -0.15) is 0 Å². The molecule has 0 saturated carbocycles. The van der Waals surface area contributed by atoms with Gasteiger partial charge in [0.1, 0.15) is 11.6 Å². The van der Waals surface area contributed by atoms with Gasteiger partial charge in [-0.05, 0) is 55.0 Å². The van der Waals surface area contributed by atoms with E-state index >= 15 is 0 Å². The van der Waals surface area contributed by atoms with Gasteiger partial charge in [0.25, 0.3) is 0 Å². The number of hydrogen-bond acceptors (Lipinski definition) is 1. The van der Waals surface area contributed by atoms with Crippen molar-refractivity contribution in [2.24, 2.45) is 0 Å². The third-order valence-electron chi connectivity index (χ3n) is 2.61. The molecule has 20 heavy (non-hydrogen) atoms. The molecular formula is C14H11ClF2N2S. The van der Waals surface area contributed by atoms with Crippen LogP contribution in [0.4, 0.5) is 20.2 Å². The van der Waals surface area contributed by atoms with Gasteiger partial charge in [-0.1, -0.05) is 11.6 Å². The van der Waals surface area contributed by atoms with E-state index in [1.165, 1.54) is 0 Å². The molecular weight excluding hydrogens is 302 g/mol. The van der Waals surface area contributed by atoms with Crippen LogP contribution < -0.4 is 10.6 Å². The minimum absolute atomic E-state index is 0.0193. The molecule has 0 aromatic heterocycles. The van der Waals surface area contributed by atoms with Crippen LogP contribution in [0.2, 0.25) is 5.02 Å². The minimum Gasteiger partial charge on any atom is -0.332 e. The highest BCUT2D eigenvalue weighted by Gasteiger charge is 2.07. The zero-order chi connectivity index (χ0) is 14.7. The summed E-state index contributed by atoms with van der Waals surface area (Å²) in [4.78, 5) is 0. The summed E-state index contributed by atoms with van der Waals surface area (Å²) >= 11 is 10.9. The summed E-state index contributed by atoms with van der Waals surface area (Å²) in [6.07, 6.45) is 0. The van der Waals surface area contributed by atoms with Crippen molar-refractivity contribution in [2.75, 3.05) is 10.6 Å². The average molecular weight is 313 g/mol. The number of rotatable bonds is 2. The molecule has 0 amide bonds. The van der Waals surface area contributed by atoms with Gasteiger partial charge in [-0.3, -0.25) is 0 Å². The summed E-state index contributed by atoms with van der Waals surface area (Å²) in [6, 6.07) is 8.36. The average Bonchev–Trinajstić information content (AvgIpc) is 2.37. The number of halogens is 3. The van der Waals surface area contributed by atoms with E-state index in [1.807, 2.05) is 6.92 Å². The van der Waals surface area contributed by atoms with Gasteiger partial charge in [0.05, 0.1) is 5.69 Å². The summed E-state index contributed by atoms with van der Waals surface area (Å²) in [7, 11) is 0. The molecule has 0 spiro atoms. The molecule has 0 aliphatic rings. The van der Waals surface area contributed by atoms with Gasteiger partial charge < -0.3 is 10.6 Å². The van der Waals surface area contributed by atoms with Gasteiger partial charge in [-0.25, -0.2) is 8.78 Å². The maximum absolute atomic E-state index is 13.5. The van der Waals surface area contributed by atoms with E-state index in [0.29, 0.717) is 5.02 Å². The fraction of sp³-hybridized carbons (Fsp3) is 0.0714. The number of anilines is 2. The van der Waals surface area contributed by atoms with Crippen molar-refractivity contribution in [2.45, 2.75) is 6.92 Å². The van der Waals surface area contributed by atoms with E-state index in [1.54, 1.807) is 18.2 Å². The SMILES string of the molecule is Cc1cc(Cl)ccc1NC(=S)Nc1cc(F)ccc1F. The molecule has 2 aromatic carbocycles. The summed E-state index contributed by atoms with van der Waals surface area (Å²) in [5.41, 5.74) is 1.61. The van der Waals surface area contributed by atoms with Crippen molar-refractivity contribution in [3.8, 4) is 0 Å². The first kappa shape index (κ1) is 14.7. The third-order valence-corrected chi connectivity index (χ3v) is 3.05. The number of thiocarbonyl (C=S) groups is 1. The largest absolute Gasteiger partial charge is 0.332 e. The lowest BCUT2D eigenvalue weighted by Crippen LogP contribution is -2.20. The predicted octanol–water partition coefficient (Wildman–Crippen LogP) is 4.74. The van der Waals surface area contributed by atoms with Gasteiger partial charge in [-0.15, -0.1) is 0 Å². The van der Waals surface area contributed by atoms with Crippen molar-refractivity contribution < 1.29 is 8.78 Å². The summed E-state index contributed by atoms with van der Waals surface area (Å²) in [5, 5.41) is 6.30. The monoisotopic (exact) mass is 312 g/mol. The molecule has 0 fully saturated rings. The Bertz CT molecular complexity index is 662. The Morgan fingerprint density at radius 3 is 2.45 bits per heavy atom. The second-order valence-electron chi connectivity index (χ2n) is 4.16. The molecule has 0 saturated heterocycles. The zero-order valence-corrected chi connectivity index (χ0v) is 12.1. The third kappa shape index (κ3) is 3.65. The molecule has 6 heteroatoms. The summed E-state index contributed by atoms with van der Waals surface area (Å²) in [6.45, 7) is 1.86. The Hall–Kier alpha value is -1.72. The Balaban J connectivity index is 2.11. The second-order valence-corrected chi connectivity index (χ2v) is 5.01. The van der Waals surface area contributed by atoms with E-state index in [0.717, 1.165) is 29.4 Å². The maximum atomic E-state index is 13.5. The molecule has 0 atom stereocenters. The topological polar surface area (TPSA) is 24.1 Å². The summed E-state index contributed by atoms with van der Waals surface area (Å²) in [5.74, 6) is -1.12. The van der Waals surface area contributed by atoms with Gasteiger partial charge in [0.15, 0.2) is 5.11 Å². The number of hydrogen-bond donors (Lipinski definition) is 2. The van der Waals surface area contributed by atoms with Crippen LogP contribution in [0.1, 0.15) is 5.56 Å². The second kappa shape index (κ2) is 6.15. The fourth-order valence-electron chi connectivity index (χ4n) is 1.64. The van der Waals surface area contributed by atoms with Crippen LogP contribution in [0.5, 0.6) is 0 Å². The van der Waals surface area contributed by atoms with E-state index in [4.69, 9.17) is 23.8 Å². The van der Waals surface area contributed by atoms with Crippen molar-refractivity contribution in [3.05, 3.63) is 58.6 Å². The molecule has 0 heterocycles. The molecule has 0 aliphatic carbocycles.